The zero-order valence-electron chi connectivity index (χ0n) is 10.9. The molecule has 1 saturated heterocycles. The first-order valence-corrected chi connectivity index (χ1v) is 7.18. The van der Waals surface area contributed by atoms with Crippen LogP contribution in [0.2, 0.25) is 5.02 Å². The van der Waals surface area contributed by atoms with Crippen LogP contribution in [0.25, 0.3) is 0 Å². The molecule has 2 fully saturated rings. The third-order valence-corrected chi connectivity index (χ3v) is 4.25. The average Bonchev–Trinajstić information content (AvgIpc) is 3.11. The molecule has 0 amide bonds. The normalized spacial score (nSPS) is 24.1. The fraction of sp³-hybridized carbons (Fsp3) is 0.571. The van der Waals surface area contributed by atoms with E-state index in [4.69, 9.17) is 11.6 Å². The molecule has 20 heavy (non-hydrogen) atoms. The highest BCUT2D eigenvalue weighted by Crippen LogP contribution is 2.35. The number of hydrogen-bond acceptors (Lipinski definition) is 2. The van der Waals surface area contributed by atoms with Crippen LogP contribution < -0.4 is 5.32 Å². The lowest BCUT2D eigenvalue weighted by molar-refractivity contribution is -0.137. The van der Waals surface area contributed by atoms with Gasteiger partial charge in [-0.1, -0.05) is 11.6 Å². The molecule has 0 spiro atoms. The summed E-state index contributed by atoms with van der Waals surface area (Å²) in [5.74, 6) is 0. The molecule has 3 rings (SSSR count). The molecule has 1 saturated carbocycles. The third-order valence-electron chi connectivity index (χ3n) is 3.94. The molecule has 1 unspecified atom stereocenters. The Morgan fingerprint density at radius 3 is 2.55 bits per heavy atom. The zero-order valence-corrected chi connectivity index (χ0v) is 11.6. The minimum absolute atomic E-state index is 0.129. The minimum atomic E-state index is -4.35. The van der Waals surface area contributed by atoms with Gasteiger partial charge in [-0.3, -0.25) is 4.90 Å². The van der Waals surface area contributed by atoms with E-state index < -0.39 is 11.7 Å². The van der Waals surface area contributed by atoms with E-state index in [-0.39, 0.29) is 11.1 Å². The van der Waals surface area contributed by atoms with Crippen LogP contribution in [0.15, 0.2) is 18.2 Å². The topological polar surface area (TPSA) is 15.3 Å². The van der Waals surface area contributed by atoms with Crippen molar-refractivity contribution in [1.82, 2.24) is 4.90 Å². The number of nitrogens with zero attached hydrogens (tertiary/aromatic N) is 1. The predicted octanol–water partition coefficient (Wildman–Crippen LogP) is 4.01. The molecule has 1 heterocycles. The maximum absolute atomic E-state index is 12.6. The first-order chi connectivity index (χ1) is 9.43. The summed E-state index contributed by atoms with van der Waals surface area (Å²) in [6.45, 7) is 2.00. The molecule has 1 aliphatic carbocycles. The van der Waals surface area contributed by atoms with Gasteiger partial charge in [-0.25, -0.2) is 0 Å². The maximum Gasteiger partial charge on any atom is 0.416 e. The van der Waals surface area contributed by atoms with E-state index in [9.17, 15) is 13.2 Å². The van der Waals surface area contributed by atoms with Crippen LogP contribution in [0.3, 0.4) is 0 Å². The number of halogens is 4. The van der Waals surface area contributed by atoms with Gasteiger partial charge in [-0.2, -0.15) is 13.2 Å². The second-order valence-corrected chi connectivity index (χ2v) is 5.96. The number of hydrogen-bond donors (Lipinski definition) is 1. The first-order valence-electron chi connectivity index (χ1n) is 6.81. The Labute approximate surface area is 120 Å². The number of nitrogens with one attached hydrogen (secondary N) is 1. The van der Waals surface area contributed by atoms with Gasteiger partial charge < -0.3 is 5.32 Å². The monoisotopic (exact) mass is 304 g/mol. The van der Waals surface area contributed by atoms with E-state index in [0.717, 1.165) is 37.7 Å². The highest BCUT2D eigenvalue weighted by atomic mass is 35.5. The van der Waals surface area contributed by atoms with Gasteiger partial charge in [0.2, 0.25) is 0 Å². The highest BCUT2D eigenvalue weighted by Gasteiger charge is 2.35. The van der Waals surface area contributed by atoms with Crippen LogP contribution in [-0.2, 0) is 6.18 Å². The lowest BCUT2D eigenvalue weighted by Gasteiger charge is -2.18. The van der Waals surface area contributed by atoms with E-state index in [2.05, 4.69) is 10.2 Å². The van der Waals surface area contributed by atoms with Gasteiger partial charge in [0.1, 0.15) is 0 Å². The number of likely N-dealkylation sites (tertiary alicyclic amines) is 1. The quantitative estimate of drug-likeness (QED) is 0.908. The van der Waals surface area contributed by atoms with E-state index in [1.807, 2.05) is 0 Å². The summed E-state index contributed by atoms with van der Waals surface area (Å²) in [6.07, 6.45) is -0.798. The van der Waals surface area contributed by atoms with Crippen molar-refractivity contribution in [3.05, 3.63) is 28.8 Å². The molecule has 6 heteroatoms. The van der Waals surface area contributed by atoms with Gasteiger partial charge in [0.05, 0.1) is 16.3 Å². The SMILES string of the molecule is FC(F)(F)c1ccc(NC2CCN(C3CC3)C2)c(Cl)c1. The second kappa shape index (κ2) is 5.11. The lowest BCUT2D eigenvalue weighted by Crippen LogP contribution is -2.27. The molecule has 1 N–H and O–H groups in total. The fourth-order valence-corrected chi connectivity index (χ4v) is 2.94. The first kappa shape index (κ1) is 14.0. The summed E-state index contributed by atoms with van der Waals surface area (Å²) in [6, 6.07) is 4.47. The molecule has 110 valence electrons. The number of rotatable bonds is 3. The number of benzene rings is 1. The number of alkyl halides is 3. The summed E-state index contributed by atoms with van der Waals surface area (Å²) < 4.78 is 37.7. The molecule has 2 aliphatic rings. The van der Waals surface area contributed by atoms with Crippen LogP contribution in [-0.4, -0.2) is 30.1 Å². The van der Waals surface area contributed by atoms with E-state index in [1.165, 1.54) is 18.9 Å². The zero-order chi connectivity index (χ0) is 14.3. The van der Waals surface area contributed by atoms with E-state index >= 15 is 0 Å². The van der Waals surface area contributed by atoms with Crippen LogP contribution in [0.1, 0.15) is 24.8 Å². The summed E-state index contributed by atoms with van der Waals surface area (Å²) in [5.41, 5.74) is -0.124. The van der Waals surface area contributed by atoms with Gasteiger partial charge in [0, 0.05) is 25.2 Å². The molecular formula is C14H16ClF3N2. The van der Waals surface area contributed by atoms with Crippen molar-refractivity contribution in [1.29, 1.82) is 0 Å². The summed E-state index contributed by atoms with van der Waals surface area (Å²) in [7, 11) is 0. The fourth-order valence-electron chi connectivity index (χ4n) is 2.70. The van der Waals surface area contributed by atoms with Crippen LogP contribution in [0, 0.1) is 0 Å². The molecule has 1 atom stereocenters. The predicted molar refractivity (Wildman–Crippen MR) is 73.1 cm³/mol. The van der Waals surface area contributed by atoms with Crippen LogP contribution in [0.5, 0.6) is 0 Å². The van der Waals surface area contributed by atoms with Gasteiger partial charge in [-0.15, -0.1) is 0 Å². The standard InChI is InChI=1S/C14H16ClF3N2/c15-12-7-9(14(16,17)18)1-4-13(12)19-10-5-6-20(8-10)11-2-3-11/h1,4,7,10-11,19H,2-3,5-6,8H2. The smallest absolute Gasteiger partial charge is 0.380 e. The molecule has 0 aromatic heterocycles. The third kappa shape index (κ3) is 3.04. The van der Waals surface area contributed by atoms with Crippen molar-refractivity contribution < 1.29 is 13.2 Å². The minimum Gasteiger partial charge on any atom is -0.380 e. The largest absolute Gasteiger partial charge is 0.416 e. The molecule has 1 aliphatic heterocycles. The molecule has 2 nitrogen and oxygen atoms in total. The average molecular weight is 305 g/mol. The highest BCUT2D eigenvalue weighted by molar-refractivity contribution is 6.33. The Morgan fingerprint density at radius 1 is 1.20 bits per heavy atom. The van der Waals surface area contributed by atoms with Crippen molar-refractivity contribution in [3.63, 3.8) is 0 Å². The lowest BCUT2D eigenvalue weighted by atomic mass is 10.1. The van der Waals surface area contributed by atoms with Gasteiger partial charge in [-0.05, 0) is 37.5 Å². The molecule has 1 aromatic rings. The van der Waals surface area contributed by atoms with E-state index in [1.54, 1.807) is 0 Å². The Kier molecular flexibility index (Phi) is 3.58. The van der Waals surface area contributed by atoms with Crippen molar-refractivity contribution in [2.75, 3.05) is 18.4 Å². The van der Waals surface area contributed by atoms with Crippen LogP contribution >= 0.6 is 11.6 Å². The van der Waals surface area contributed by atoms with Gasteiger partial charge in [0.15, 0.2) is 0 Å². The Balaban J connectivity index is 1.65. The van der Waals surface area contributed by atoms with Crippen molar-refractivity contribution in [3.8, 4) is 0 Å². The maximum atomic E-state index is 12.6. The molecule has 1 aromatic carbocycles. The number of anilines is 1. The summed E-state index contributed by atoms with van der Waals surface area (Å²) >= 11 is 5.95. The summed E-state index contributed by atoms with van der Waals surface area (Å²) in [5, 5.41) is 3.39. The van der Waals surface area contributed by atoms with Gasteiger partial charge in [0.25, 0.3) is 0 Å². The molecule has 0 radical (unpaired) electrons. The van der Waals surface area contributed by atoms with Crippen molar-refractivity contribution in [2.24, 2.45) is 0 Å². The van der Waals surface area contributed by atoms with E-state index in [0.29, 0.717) is 5.69 Å². The Hall–Kier alpha value is -0.940. The van der Waals surface area contributed by atoms with Gasteiger partial charge >= 0.3 is 6.18 Å². The van der Waals surface area contributed by atoms with Crippen molar-refractivity contribution >= 4 is 17.3 Å². The summed E-state index contributed by atoms with van der Waals surface area (Å²) in [4.78, 5) is 2.44. The Morgan fingerprint density at radius 2 is 1.95 bits per heavy atom. The second-order valence-electron chi connectivity index (χ2n) is 5.55. The van der Waals surface area contributed by atoms with Crippen LogP contribution in [0.4, 0.5) is 18.9 Å². The molecule has 0 bridgehead atoms. The molecular weight excluding hydrogens is 289 g/mol. The Bertz CT molecular complexity index is 500. The van der Waals surface area contributed by atoms with Crippen molar-refractivity contribution in [2.45, 2.75) is 37.5 Å².